The first kappa shape index (κ1) is 16.3. The van der Waals surface area contributed by atoms with E-state index >= 15 is 0 Å². The van der Waals surface area contributed by atoms with Gasteiger partial charge in [0.05, 0.1) is 12.8 Å². The molecule has 0 fully saturated rings. The molecular weight excluding hydrogens is 236 g/mol. The van der Waals surface area contributed by atoms with E-state index in [9.17, 15) is 0 Å². The molecule has 1 aromatic rings. The van der Waals surface area contributed by atoms with Crippen LogP contribution in [0.15, 0.2) is 16.7 Å². The topological polar surface area (TPSA) is 28.4 Å². The summed E-state index contributed by atoms with van der Waals surface area (Å²) >= 11 is 0. The third-order valence-electron chi connectivity index (χ3n) is 3.61. The lowest BCUT2D eigenvalue weighted by molar-refractivity contribution is 0.145. The van der Waals surface area contributed by atoms with Crippen LogP contribution in [0, 0.1) is 5.92 Å². The number of nitrogens with one attached hydrogen (secondary N) is 1. The fourth-order valence-electron chi connectivity index (χ4n) is 2.65. The zero-order chi connectivity index (χ0) is 14.3. The quantitative estimate of drug-likeness (QED) is 0.739. The second-order valence-corrected chi connectivity index (χ2v) is 5.69. The van der Waals surface area contributed by atoms with Gasteiger partial charge in [0, 0.05) is 24.7 Å². The highest BCUT2D eigenvalue weighted by Crippen LogP contribution is 2.19. The lowest BCUT2D eigenvalue weighted by Crippen LogP contribution is -2.36. The Kier molecular flexibility index (Phi) is 7.17. The number of nitrogens with zero attached hydrogens (tertiary/aromatic N) is 1. The minimum atomic E-state index is 0.648. The Bertz CT molecular complexity index is 342. The summed E-state index contributed by atoms with van der Waals surface area (Å²) in [5.41, 5.74) is 1.28. The Balaban J connectivity index is 2.77. The molecule has 3 nitrogen and oxygen atoms in total. The zero-order valence-electron chi connectivity index (χ0n) is 13.2. The maximum Gasteiger partial charge on any atom is 0.122 e. The first-order valence-electron chi connectivity index (χ1n) is 7.56. The van der Waals surface area contributed by atoms with Crippen molar-refractivity contribution in [3.63, 3.8) is 0 Å². The zero-order valence-corrected chi connectivity index (χ0v) is 13.2. The Morgan fingerprint density at radius 3 is 2.47 bits per heavy atom. The molecule has 0 aliphatic carbocycles. The molecule has 0 amide bonds. The van der Waals surface area contributed by atoms with Crippen LogP contribution < -0.4 is 5.32 Å². The second-order valence-electron chi connectivity index (χ2n) is 5.69. The largest absolute Gasteiger partial charge is 0.468 e. The van der Waals surface area contributed by atoms with Crippen LogP contribution in [0.1, 0.15) is 51.9 Å². The molecule has 1 aromatic heterocycles. The van der Waals surface area contributed by atoms with Gasteiger partial charge in [-0.2, -0.15) is 0 Å². The van der Waals surface area contributed by atoms with Crippen molar-refractivity contribution in [2.24, 2.45) is 5.92 Å². The molecule has 0 unspecified atom stereocenters. The number of rotatable bonds is 9. The van der Waals surface area contributed by atoms with Crippen LogP contribution in [0.2, 0.25) is 0 Å². The summed E-state index contributed by atoms with van der Waals surface area (Å²) in [6, 6.07) is 2.72. The molecule has 0 aliphatic heterocycles. The smallest absolute Gasteiger partial charge is 0.122 e. The van der Waals surface area contributed by atoms with Crippen LogP contribution in [-0.4, -0.2) is 24.5 Å². The van der Waals surface area contributed by atoms with Crippen molar-refractivity contribution in [3.05, 3.63) is 23.7 Å². The van der Waals surface area contributed by atoms with Gasteiger partial charge in [-0.3, -0.25) is 4.90 Å². The molecular formula is C16H30N2O. The first-order valence-corrected chi connectivity index (χ1v) is 7.56. The molecule has 3 heteroatoms. The van der Waals surface area contributed by atoms with Crippen molar-refractivity contribution in [2.45, 2.75) is 59.7 Å². The van der Waals surface area contributed by atoms with Gasteiger partial charge in [0.2, 0.25) is 0 Å². The predicted molar refractivity (Wildman–Crippen MR) is 81.1 cm³/mol. The van der Waals surface area contributed by atoms with Crippen LogP contribution in [-0.2, 0) is 13.1 Å². The van der Waals surface area contributed by atoms with Gasteiger partial charge in [-0.05, 0) is 31.9 Å². The molecule has 0 aliphatic rings. The van der Waals surface area contributed by atoms with E-state index in [1.54, 1.807) is 0 Å². The SMILES string of the molecule is CCC(CC)N(Cc1occc1CNC)CC(C)C. The van der Waals surface area contributed by atoms with E-state index in [2.05, 4.69) is 44.0 Å². The Morgan fingerprint density at radius 2 is 1.95 bits per heavy atom. The summed E-state index contributed by atoms with van der Waals surface area (Å²) in [7, 11) is 1.98. The molecule has 0 saturated heterocycles. The van der Waals surface area contributed by atoms with E-state index in [-0.39, 0.29) is 0 Å². The summed E-state index contributed by atoms with van der Waals surface area (Å²) in [6.07, 6.45) is 4.21. The average Bonchev–Trinajstić information content (AvgIpc) is 2.78. The van der Waals surface area contributed by atoms with Gasteiger partial charge in [-0.15, -0.1) is 0 Å². The highest BCUT2D eigenvalue weighted by molar-refractivity contribution is 5.16. The molecule has 1 N–H and O–H groups in total. The summed E-state index contributed by atoms with van der Waals surface area (Å²) in [6.45, 7) is 12.1. The van der Waals surface area contributed by atoms with E-state index in [4.69, 9.17) is 4.42 Å². The summed E-state index contributed by atoms with van der Waals surface area (Å²) in [4.78, 5) is 2.57. The second kappa shape index (κ2) is 8.39. The Labute approximate surface area is 118 Å². The lowest BCUT2D eigenvalue weighted by Gasteiger charge is -2.31. The Morgan fingerprint density at radius 1 is 1.26 bits per heavy atom. The van der Waals surface area contributed by atoms with Gasteiger partial charge in [-0.25, -0.2) is 0 Å². The van der Waals surface area contributed by atoms with Gasteiger partial charge in [0.25, 0.3) is 0 Å². The molecule has 1 rings (SSSR count). The van der Waals surface area contributed by atoms with E-state index < -0.39 is 0 Å². The molecule has 0 spiro atoms. The van der Waals surface area contributed by atoms with E-state index in [1.807, 2.05) is 13.3 Å². The molecule has 19 heavy (non-hydrogen) atoms. The van der Waals surface area contributed by atoms with Crippen molar-refractivity contribution in [2.75, 3.05) is 13.6 Å². The fourth-order valence-corrected chi connectivity index (χ4v) is 2.65. The van der Waals surface area contributed by atoms with Crippen LogP contribution in [0.25, 0.3) is 0 Å². The molecule has 1 heterocycles. The van der Waals surface area contributed by atoms with Crippen molar-refractivity contribution in [3.8, 4) is 0 Å². The number of hydrogen-bond acceptors (Lipinski definition) is 3. The maximum atomic E-state index is 5.69. The van der Waals surface area contributed by atoms with Gasteiger partial charge in [0.1, 0.15) is 5.76 Å². The third kappa shape index (κ3) is 5.00. The van der Waals surface area contributed by atoms with Gasteiger partial charge >= 0.3 is 0 Å². The number of hydrogen-bond donors (Lipinski definition) is 1. The lowest BCUT2D eigenvalue weighted by atomic mass is 10.1. The van der Waals surface area contributed by atoms with Crippen LogP contribution in [0.3, 0.4) is 0 Å². The molecule has 0 saturated carbocycles. The fraction of sp³-hybridized carbons (Fsp3) is 0.750. The monoisotopic (exact) mass is 266 g/mol. The number of furan rings is 1. The standard InChI is InChI=1S/C16H30N2O/c1-6-15(7-2)18(11-13(3)4)12-16-14(10-17-5)8-9-19-16/h8-9,13,15,17H,6-7,10-12H2,1-5H3. The van der Waals surface area contributed by atoms with Crippen molar-refractivity contribution >= 4 is 0 Å². The van der Waals surface area contributed by atoms with Crippen molar-refractivity contribution < 1.29 is 4.42 Å². The van der Waals surface area contributed by atoms with Gasteiger partial charge < -0.3 is 9.73 Å². The van der Waals surface area contributed by atoms with Gasteiger partial charge in [0.15, 0.2) is 0 Å². The van der Waals surface area contributed by atoms with Crippen molar-refractivity contribution in [1.29, 1.82) is 0 Å². The van der Waals surface area contributed by atoms with Crippen LogP contribution in [0.4, 0.5) is 0 Å². The van der Waals surface area contributed by atoms with E-state index in [1.165, 1.54) is 18.4 Å². The highest BCUT2D eigenvalue weighted by atomic mass is 16.3. The highest BCUT2D eigenvalue weighted by Gasteiger charge is 2.19. The molecule has 0 aromatic carbocycles. The maximum absolute atomic E-state index is 5.69. The van der Waals surface area contributed by atoms with Crippen molar-refractivity contribution in [1.82, 2.24) is 10.2 Å². The summed E-state index contributed by atoms with van der Waals surface area (Å²) in [5, 5.41) is 3.20. The summed E-state index contributed by atoms with van der Waals surface area (Å²) < 4.78 is 5.69. The molecule has 0 radical (unpaired) electrons. The Hall–Kier alpha value is -0.800. The predicted octanol–water partition coefficient (Wildman–Crippen LogP) is 3.65. The first-order chi connectivity index (χ1) is 9.12. The molecule has 0 atom stereocenters. The third-order valence-corrected chi connectivity index (χ3v) is 3.61. The summed E-state index contributed by atoms with van der Waals surface area (Å²) in [5.74, 6) is 1.80. The minimum Gasteiger partial charge on any atom is -0.468 e. The van der Waals surface area contributed by atoms with Gasteiger partial charge in [-0.1, -0.05) is 27.7 Å². The van der Waals surface area contributed by atoms with E-state index in [0.29, 0.717) is 12.0 Å². The van der Waals surface area contributed by atoms with Crippen LogP contribution >= 0.6 is 0 Å². The van der Waals surface area contributed by atoms with Crippen LogP contribution in [0.5, 0.6) is 0 Å². The molecule has 0 bridgehead atoms. The molecule has 110 valence electrons. The average molecular weight is 266 g/mol. The minimum absolute atomic E-state index is 0.648. The normalized spacial score (nSPS) is 12.0. The van der Waals surface area contributed by atoms with E-state index in [0.717, 1.165) is 25.4 Å².